The molecule has 0 saturated carbocycles. The van der Waals surface area contributed by atoms with Gasteiger partial charge in [-0.2, -0.15) is 5.10 Å². The molecule has 3 N–H and O–H groups in total. The van der Waals surface area contributed by atoms with Crippen LogP contribution in [-0.4, -0.2) is 53.6 Å². The number of aromatic nitrogens is 2. The molecule has 1 unspecified atom stereocenters. The number of aryl methyl sites for hydroxylation is 2. The van der Waals surface area contributed by atoms with E-state index in [4.69, 9.17) is 0 Å². The molecule has 1 aromatic heterocycles. The SMILES string of the molecule is CCNC(=NCC(C)(O)c1cnn(C)c1)NCCN(CC)c1ccccc1C. The van der Waals surface area contributed by atoms with Gasteiger partial charge in [0.2, 0.25) is 0 Å². The van der Waals surface area contributed by atoms with Crippen molar-refractivity contribution in [1.82, 2.24) is 20.4 Å². The van der Waals surface area contributed by atoms with Gasteiger partial charge in [-0.25, -0.2) is 4.99 Å². The van der Waals surface area contributed by atoms with Gasteiger partial charge in [0.15, 0.2) is 5.96 Å². The van der Waals surface area contributed by atoms with Crippen molar-refractivity contribution >= 4 is 11.6 Å². The summed E-state index contributed by atoms with van der Waals surface area (Å²) in [7, 11) is 1.84. The minimum absolute atomic E-state index is 0.253. The summed E-state index contributed by atoms with van der Waals surface area (Å²) in [5.74, 6) is 0.701. The average molecular weight is 387 g/mol. The van der Waals surface area contributed by atoms with E-state index in [2.05, 4.69) is 63.7 Å². The molecule has 0 fully saturated rings. The number of nitrogens with one attached hydrogen (secondary N) is 2. The van der Waals surface area contributed by atoms with Crippen LogP contribution in [0.2, 0.25) is 0 Å². The molecule has 0 aliphatic heterocycles. The largest absolute Gasteiger partial charge is 0.383 e. The average Bonchev–Trinajstić information content (AvgIpc) is 3.11. The van der Waals surface area contributed by atoms with Crippen molar-refractivity contribution in [2.75, 3.05) is 37.6 Å². The summed E-state index contributed by atoms with van der Waals surface area (Å²) in [6.07, 6.45) is 3.49. The fourth-order valence-corrected chi connectivity index (χ4v) is 3.04. The number of guanidine groups is 1. The molecule has 7 nitrogen and oxygen atoms in total. The summed E-state index contributed by atoms with van der Waals surface area (Å²) in [6, 6.07) is 8.43. The van der Waals surface area contributed by atoms with Gasteiger partial charge in [0.25, 0.3) is 0 Å². The monoisotopic (exact) mass is 386 g/mol. The van der Waals surface area contributed by atoms with E-state index >= 15 is 0 Å². The highest BCUT2D eigenvalue weighted by atomic mass is 16.3. The van der Waals surface area contributed by atoms with E-state index in [-0.39, 0.29) is 6.54 Å². The van der Waals surface area contributed by atoms with Crippen molar-refractivity contribution in [3.05, 3.63) is 47.8 Å². The molecule has 0 saturated heterocycles. The molecule has 2 rings (SSSR count). The summed E-state index contributed by atoms with van der Waals surface area (Å²) in [5, 5.41) is 21.5. The Morgan fingerprint density at radius 2 is 2.04 bits per heavy atom. The highest BCUT2D eigenvalue weighted by Gasteiger charge is 2.24. The van der Waals surface area contributed by atoms with Crippen LogP contribution in [0.4, 0.5) is 5.69 Å². The minimum Gasteiger partial charge on any atom is -0.383 e. The first-order chi connectivity index (χ1) is 13.4. The number of benzene rings is 1. The quantitative estimate of drug-likeness (QED) is 0.454. The Morgan fingerprint density at radius 3 is 2.64 bits per heavy atom. The number of aliphatic hydroxyl groups is 1. The van der Waals surface area contributed by atoms with Crippen molar-refractivity contribution in [2.45, 2.75) is 33.3 Å². The first-order valence-electron chi connectivity index (χ1n) is 9.91. The zero-order valence-electron chi connectivity index (χ0n) is 17.7. The van der Waals surface area contributed by atoms with Gasteiger partial charge in [0.1, 0.15) is 5.60 Å². The summed E-state index contributed by atoms with van der Waals surface area (Å²) in [4.78, 5) is 6.92. The molecule has 28 heavy (non-hydrogen) atoms. The molecular weight excluding hydrogens is 352 g/mol. The molecule has 1 heterocycles. The summed E-state index contributed by atoms with van der Waals surface area (Å²) in [5.41, 5.74) is 2.23. The Balaban J connectivity index is 1.96. The van der Waals surface area contributed by atoms with Crippen molar-refractivity contribution in [3.63, 3.8) is 0 Å². The van der Waals surface area contributed by atoms with Gasteiger partial charge in [-0.05, 0) is 39.3 Å². The van der Waals surface area contributed by atoms with E-state index in [1.54, 1.807) is 17.8 Å². The molecule has 1 aromatic carbocycles. The minimum atomic E-state index is -1.06. The molecule has 0 spiro atoms. The maximum absolute atomic E-state index is 10.7. The molecule has 0 radical (unpaired) electrons. The van der Waals surface area contributed by atoms with Gasteiger partial charge in [-0.1, -0.05) is 18.2 Å². The second-order valence-corrected chi connectivity index (χ2v) is 7.16. The van der Waals surface area contributed by atoms with Gasteiger partial charge in [0.05, 0.1) is 12.7 Å². The normalized spacial score (nSPS) is 13.9. The predicted octanol–water partition coefficient (Wildman–Crippen LogP) is 2.02. The van der Waals surface area contributed by atoms with Crippen LogP contribution in [0.25, 0.3) is 0 Å². The molecule has 2 aromatic rings. The molecule has 7 heteroatoms. The number of aliphatic imine (C=N–C) groups is 1. The van der Waals surface area contributed by atoms with Gasteiger partial charge in [-0.3, -0.25) is 4.68 Å². The fraction of sp³-hybridized carbons (Fsp3) is 0.524. The van der Waals surface area contributed by atoms with Gasteiger partial charge in [-0.15, -0.1) is 0 Å². The third-order valence-electron chi connectivity index (χ3n) is 4.73. The van der Waals surface area contributed by atoms with Crippen molar-refractivity contribution in [2.24, 2.45) is 12.0 Å². The van der Waals surface area contributed by atoms with E-state index in [1.165, 1.54) is 11.3 Å². The first kappa shape index (κ1) is 21.8. The zero-order chi connectivity index (χ0) is 20.6. The van der Waals surface area contributed by atoms with E-state index in [1.807, 2.05) is 20.2 Å². The molecule has 0 aliphatic carbocycles. The standard InChI is InChI=1S/C21H34N6O/c1-6-22-20(24-16-21(4,28)18-14-25-26(5)15-18)23-12-13-27(7-2)19-11-9-8-10-17(19)3/h8-11,14-15,28H,6-7,12-13,16H2,1-5H3,(H2,22,23,24). The predicted molar refractivity (Wildman–Crippen MR) is 116 cm³/mol. The van der Waals surface area contributed by atoms with Crippen LogP contribution < -0.4 is 15.5 Å². The van der Waals surface area contributed by atoms with Crippen LogP contribution >= 0.6 is 0 Å². The lowest BCUT2D eigenvalue weighted by atomic mass is 10.0. The molecule has 154 valence electrons. The van der Waals surface area contributed by atoms with Gasteiger partial charge >= 0.3 is 0 Å². The van der Waals surface area contributed by atoms with Crippen LogP contribution in [0.3, 0.4) is 0 Å². The number of anilines is 1. The molecule has 1 atom stereocenters. The van der Waals surface area contributed by atoms with E-state index in [9.17, 15) is 5.11 Å². The molecule has 0 aliphatic rings. The Morgan fingerprint density at radius 1 is 1.29 bits per heavy atom. The summed E-state index contributed by atoms with van der Waals surface area (Å²) < 4.78 is 1.68. The van der Waals surface area contributed by atoms with Crippen LogP contribution in [-0.2, 0) is 12.6 Å². The summed E-state index contributed by atoms with van der Waals surface area (Å²) >= 11 is 0. The fourth-order valence-electron chi connectivity index (χ4n) is 3.04. The molecular formula is C21H34N6O. The second kappa shape index (κ2) is 10.1. The topological polar surface area (TPSA) is 77.7 Å². The first-order valence-corrected chi connectivity index (χ1v) is 9.91. The van der Waals surface area contributed by atoms with Gasteiger partial charge < -0.3 is 20.6 Å². The van der Waals surface area contributed by atoms with Crippen LogP contribution in [0.1, 0.15) is 31.9 Å². The number of hydrogen-bond acceptors (Lipinski definition) is 4. The second-order valence-electron chi connectivity index (χ2n) is 7.16. The van der Waals surface area contributed by atoms with E-state index < -0.39 is 5.60 Å². The van der Waals surface area contributed by atoms with Crippen LogP contribution in [0.15, 0.2) is 41.7 Å². The molecule has 0 amide bonds. The highest BCUT2D eigenvalue weighted by molar-refractivity contribution is 5.79. The van der Waals surface area contributed by atoms with Crippen LogP contribution in [0, 0.1) is 6.92 Å². The Hall–Kier alpha value is -2.54. The summed E-state index contributed by atoms with van der Waals surface area (Å²) in [6.45, 7) is 11.7. The van der Waals surface area contributed by atoms with E-state index in [0.29, 0.717) is 5.96 Å². The maximum atomic E-state index is 10.7. The Bertz CT molecular complexity index is 768. The smallest absolute Gasteiger partial charge is 0.191 e. The zero-order valence-corrected chi connectivity index (χ0v) is 17.7. The lowest BCUT2D eigenvalue weighted by Crippen LogP contribution is -2.42. The lowest BCUT2D eigenvalue weighted by molar-refractivity contribution is 0.0672. The van der Waals surface area contributed by atoms with Crippen molar-refractivity contribution < 1.29 is 5.11 Å². The number of para-hydroxylation sites is 1. The Kier molecular flexibility index (Phi) is 7.87. The van der Waals surface area contributed by atoms with Gasteiger partial charge in [0, 0.05) is 50.7 Å². The van der Waals surface area contributed by atoms with Crippen LogP contribution in [0.5, 0.6) is 0 Å². The lowest BCUT2D eigenvalue weighted by Gasteiger charge is -2.26. The van der Waals surface area contributed by atoms with Crippen molar-refractivity contribution in [1.29, 1.82) is 0 Å². The van der Waals surface area contributed by atoms with E-state index in [0.717, 1.165) is 31.7 Å². The number of likely N-dealkylation sites (N-methyl/N-ethyl adjacent to an activating group) is 1. The Labute approximate surface area is 168 Å². The van der Waals surface area contributed by atoms with Crippen molar-refractivity contribution in [3.8, 4) is 0 Å². The maximum Gasteiger partial charge on any atom is 0.191 e. The molecule has 0 bridgehead atoms. The third kappa shape index (κ3) is 5.99. The number of rotatable bonds is 9. The highest BCUT2D eigenvalue weighted by Crippen LogP contribution is 2.20. The number of nitrogens with zero attached hydrogens (tertiary/aromatic N) is 4. The third-order valence-corrected chi connectivity index (χ3v) is 4.73. The number of hydrogen-bond donors (Lipinski definition) is 3.